The van der Waals surface area contributed by atoms with Gasteiger partial charge in [-0.15, -0.1) is 11.3 Å². The maximum Gasteiger partial charge on any atom is 0.311 e. The van der Waals surface area contributed by atoms with Gasteiger partial charge in [0.05, 0.1) is 18.7 Å². The van der Waals surface area contributed by atoms with E-state index in [1.807, 2.05) is 12.3 Å². The number of hydrogen-bond donors (Lipinski definition) is 1. The van der Waals surface area contributed by atoms with Crippen LogP contribution < -0.4 is 5.32 Å². The van der Waals surface area contributed by atoms with Crippen LogP contribution in [0.5, 0.6) is 0 Å². The molecule has 20 heavy (non-hydrogen) atoms. The molecule has 1 N–H and O–H groups in total. The van der Waals surface area contributed by atoms with Gasteiger partial charge < -0.3 is 10.1 Å². The van der Waals surface area contributed by atoms with E-state index in [1.165, 1.54) is 25.7 Å². The Morgan fingerprint density at radius 3 is 3.10 bits per heavy atom. The molecule has 0 aromatic carbocycles. The van der Waals surface area contributed by atoms with Gasteiger partial charge in [0, 0.05) is 11.4 Å². The first kappa shape index (κ1) is 15.3. The highest BCUT2D eigenvalue weighted by atomic mass is 32.1. The molecule has 112 valence electrons. The molecule has 1 unspecified atom stereocenters. The summed E-state index contributed by atoms with van der Waals surface area (Å²) in [6, 6.07) is 0.500. The van der Waals surface area contributed by atoms with E-state index in [9.17, 15) is 4.79 Å². The van der Waals surface area contributed by atoms with Crippen LogP contribution in [0.4, 0.5) is 5.13 Å². The zero-order valence-electron chi connectivity index (χ0n) is 12.6. The van der Waals surface area contributed by atoms with Crippen LogP contribution in [-0.4, -0.2) is 23.6 Å². The topological polar surface area (TPSA) is 51.2 Å². The Morgan fingerprint density at radius 2 is 2.40 bits per heavy atom. The third-order valence-electron chi connectivity index (χ3n) is 3.72. The Hall–Kier alpha value is -1.10. The van der Waals surface area contributed by atoms with Gasteiger partial charge in [-0.25, -0.2) is 4.98 Å². The third kappa shape index (κ3) is 4.47. The van der Waals surface area contributed by atoms with Gasteiger partial charge >= 0.3 is 5.97 Å². The summed E-state index contributed by atoms with van der Waals surface area (Å²) >= 11 is 1.57. The highest BCUT2D eigenvalue weighted by molar-refractivity contribution is 7.13. The number of thiazole rings is 1. The smallest absolute Gasteiger partial charge is 0.311 e. The van der Waals surface area contributed by atoms with Crippen LogP contribution in [-0.2, 0) is 16.0 Å². The molecule has 5 heteroatoms. The minimum Gasteiger partial charge on any atom is -0.466 e. The van der Waals surface area contributed by atoms with E-state index < -0.39 is 0 Å². The van der Waals surface area contributed by atoms with Gasteiger partial charge in [0.25, 0.3) is 0 Å². The lowest BCUT2D eigenvalue weighted by atomic mass is 9.75. The summed E-state index contributed by atoms with van der Waals surface area (Å²) < 4.78 is 4.94. The van der Waals surface area contributed by atoms with Crippen molar-refractivity contribution in [1.82, 2.24) is 4.98 Å². The predicted molar refractivity (Wildman–Crippen MR) is 82.1 cm³/mol. The molecule has 0 saturated heterocycles. The summed E-state index contributed by atoms with van der Waals surface area (Å²) in [5, 5.41) is 6.38. The third-order valence-corrected chi connectivity index (χ3v) is 4.54. The number of rotatable bonds is 5. The van der Waals surface area contributed by atoms with E-state index in [0.29, 0.717) is 18.1 Å². The molecule has 1 saturated carbocycles. The molecule has 1 aliphatic rings. The van der Waals surface area contributed by atoms with Crippen molar-refractivity contribution in [2.24, 2.45) is 5.41 Å². The number of esters is 1. The first-order valence-electron chi connectivity index (χ1n) is 7.35. The lowest BCUT2D eigenvalue weighted by Crippen LogP contribution is -2.31. The second kappa shape index (κ2) is 6.57. The van der Waals surface area contributed by atoms with E-state index >= 15 is 0 Å². The number of hydrogen-bond acceptors (Lipinski definition) is 5. The van der Waals surface area contributed by atoms with Gasteiger partial charge in [-0.3, -0.25) is 4.79 Å². The van der Waals surface area contributed by atoms with Crippen LogP contribution in [0.25, 0.3) is 0 Å². The standard InChI is InChI=1S/C15H24N2O2S/c1-4-19-13(18)8-12-10-20-14(17-12)16-11-6-5-7-15(2,3)9-11/h10-11H,4-9H2,1-3H3,(H,16,17). The monoisotopic (exact) mass is 296 g/mol. The van der Waals surface area contributed by atoms with E-state index in [1.54, 1.807) is 11.3 Å². The number of carbonyl (C=O) groups excluding carboxylic acids is 1. The summed E-state index contributed by atoms with van der Waals surface area (Å²) in [5.41, 5.74) is 1.21. The second-order valence-corrected chi connectivity index (χ2v) is 7.09. The van der Waals surface area contributed by atoms with Crippen molar-refractivity contribution in [3.63, 3.8) is 0 Å². The lowest BCUT2D eigenvalue weighted by Gasteiger charge is -2.35. The lowest BCUT2D eigenvalue weighted by molar-refractivity contribution is -0.142. The Balaban J connectivity index is 1.88. The van der Waals surface area contributed by atoms with E-state index in [4.69, 9.17) is 4.74 Å². The van der Waals surface area contributed by atoms with Gasteiger partial charge in [0.1, 0.15) is 0 Å². The summed E-state index contributed by atoms with van der Waals surface area (Å²) in [6.45, 7) is 6.89. The first-order valence-corrected chi connectivity index (χ1v) is 8.23. The van der Waals surface area contributed by atoms with Crippen LogP contribution in [0.3, 0.4) is 0 Å². The quantitative estimate of drug-likeness (QED) is 0.843. The molecule has 1 heterocycles. The van der Waals surface area contributed by atoms with Crippen molar-refractivity contribution in [3.8, 4) is 0 Å². The van der Waals surface area contributed by atoms with Crippen LogP contribution >= 0.6 is 11.3 Å². The molecule has 1 aromatic heterocycles. The van der Waals surface area contributed by atoms with Crippen LogP contribution in [0.1, 0.15) is 52.1 Å². The summed E-state index contributed by atoms with van der Waals surface area (Å²) in [5.74, 6) is -0.205. The summed E-state index contributed by atoms with van der Waals surface area (Å²) in [4.78, 5) is 15.9. The molecule has 2 rings (SSSR count). The number of nitrogens with one attached hydrogen (secondary N) is 1. The van der Waals surface area contributed by atoms with Gasteiger partial charge in [0.15, 0.2) is 5.13 Å². The van der Waals surface area contributed by atoms with Crippen molar-refractivity contribution < 1.29 is 9.53 Å². The van der Waals surface area contributed by atoms with Crippen LogP contribution in [0.15, 0.2) is 5.38 Å². The minimum absolute atomic E-state index is 0.205. The number of carbonyl (C=O) groups is 1. The molecule has 0 radical (unpaired) electrons. The van der Waals surface area contributed by atoms with E-state index in [2.05, 4.69) is 24.1 Å². The van der Waals surface area contributed by atoms with Crippen molar-refractivity contribution in [2.45, 2.75) is 58.9 Å². The predicted octanol–water partition coefficient (Wildman–Crippen LogP) is 3.63. The van der Waals surface area contributed by atoms with Crippen molar-refractivity contribution in [3.05, 3.63) is 11.1 Å². The van der Waals surface area contributed by atoms with Crippen LogP contribution in [0, 0.1) is 5.41 Å². The fourth-order valence-electron chi connectivity index (χ4n) is 2.81. The maximum atomic E-state index is 11.4. The molecule has 0 bridgehead atoms. The average molecular weight is 296 g/mol. The van der Waals surface area contributed by atoms with Crippen molar-refractivity contribution in [2.75, 3.05) is 11.9 Å². The number of nitrogens with zero attached hydrogens (tertiary/aromatic N) is 1. The Morgan fingerprint density at radius 1 is 1.60 bits per heavy atom. The normalized spacial score (nSPS) is 21.4. The average Bonchev–Trinajstić information content (AvgIpc) is 2.75. The zero-order chi connectivity index (χ0) is 14.6. The molecular formula is C15H24N2O2S. The summed E-state index contributed by atoms with van der Waals surface area (Å²) in [7, 11) is 0. The van der Waals surface area contributed by atoms with Crippen LogP contribution in [0.2, 0.25) is 0 Å². The molecule has 0 amide bonds. The molecule has 1 atom stereocenters. The number of ether oxygens (including phenoxy) is 1. The number of anilines is 1. The molecular weight excluding hydrogens is 272 g/mol. The zero-order valence-corrected chi connectivity index (χ0v) is 13.4. The largest absolute Gasteiger partial charge is 0.466 e. The van der Waals surface area contributed by atoms with Gasteiger partial charge in [-0.1, -0.05) is 20.3 Å². The van der Waals surface area contributed by atoms with Crippen molar-refractivity contribution >= 4 is 22.4 Å². The molecule has 1 aliphatic carbocycles. The Labute approximate surface area is 124 Å². The second-order valence-electron chi connectivity index (χ2n) is 6.23. The maximum absolute atomic E-state index is 11.4. The Kier molecular flexibility index (Phi) is 5.02. The van der Waals surface area contributed by atoms with Crippen molar-refractivity contribution in [1.29, 1.82) is 0 Å². The molecule has 1 fully saturated rings. The first-order chi connectivity index (χ1) is 9.48. The molecule has 1 aromatic rings. The SMILES string of the molecule is CCOC(=O)Cc1csc(NC2CCCC(C)(C)C2)n1. The van der Waals surface area contributed by atoms with E-state index in [0.717, 1.165) is 10.8 Å². The van der Waals surface area contributed by atoms with Gasteiger partial charge in [-0.05, 0) is 31.6 Å². The fraction of sp³-hybridized carbons (Fsp3) is 0.733. The Bertz CT molecular complexity index is 456. The van der Waals surface area contributed by atoms with Gasteiger partial charge in [0.2, 0.25) is 0 Å². The highest BCUT2D eigenvalue weighted by Gasteiger charge is 2.28. The summed E-state index contributed by atoms with van der Waals surface area (Å²) in [6.07, 6.45) is 5.22. The minimum atomic E-state index is -0.205. The molecule has 0 aliphatic heterocycles. The highest BCUT2D eigenvalue weighted by Crippen LogP contribution is 2.36. The van der Waals surface area contributed by atoms with E-state index in [-0.39, 0.29) is 12.4 Å². The molecule has 0 spiro atoms. The van der Waals surface area contributed by atoms with Gasteiger partial charge in [-0.2, -0.15) is 0 Å². The molecule has 4 nitrogen and oxygen atoms in total. The number of aromatic nitrogens is 1. The fourth-order valence-corrected chi connectivity index (χ4v) is 3.60.